The van der Waals surface area contributed by atoms with E-state index in [9.17, 15) is 43.2 Å². The lowest BCUT2D eigenvalue weighted by Gasteiger charge is -2.21. The zero-order valence-corrected chi connectivity index (χ0v) is 64.8. The molecule has 0 saturated heterocycles. The van der Waals surface area contributed by atoms with Crippen LogP contribution in [0.15, 0.2) is 170 Å². The van der Waals surface area contributed by atoms with E-state index in [2.05, 4.69) is 149 Å². The van der Waals surface area contributed by atoms with Crippen LogP contribution in [-0.2, 0) is 65.4 Å². The quantitative estimate of drug-likeness (QED) is 0.0169. The second kappa shape index (κ2) is 73.7. The number of aliphatic hydroxyl groups is 1. The van der Waals surface area contributed by atoms with E-state index in [1.807, 2.05) is 30.4 Å². The molecular weight excluding hydrogens is 1330 g/mol. The summed E-state index contributed by atoms with van der Waals surface area (Å²) in [6.07, 6.45) is 86.9. The maximum atomic E-state index is 13.1. The molecule has 0 aromatic heterocycles. The van der Waals surface area contributed by atoms with Crippen molar-refractivity contribution in [3.63, 3.8) is 0 Å². The molecule has 5 atom stereocenters. The van der Waals surface area contributed by atoms with Gasteiger partial charge in [0.25, 0.3) is 0 Å². The Morgan fingerprint density at radius 1 is 0.294 bits per heavy atom. The molecule has 0 amide bonds. The Labute approximate surface area is 616 Å². The van der Waals surface area contributed by atoms with Gasteiger partial charge in [-0.05, 0) is 135 Å². The number of phosphoric ester groups is 2. The van der Waals surface area contributed by atoms with Crippen LogP contribution in [0, 0.1) is 0 Å². The highest BCUT2D eigenvalue weighted by Crippen LogP contribution is 2.45. The average molecular weight is 1470 g/mol. The fourth-order valence-electron chi connectivity index (χ4n) is 9.49. The van der Waals surface area contributed by atoms with Gasteiger partial charge in [-0.2, -0.15) is 0 Å². The smallest absolute Gasteiger partial charge is 0.462 e. The first-order valence-corrected chi connectivity index (χ1v) is 41.4. The highest BCUT2D eigenvalue weighted by molar-refractivity contribution is 7.47. The van der Waals surface area contributed by atoms with Crippen LogP contribution in [0.25, 0.3) is 0 Å². The third kappa shape index (κ3) is 72.8. The Morgan fingerprint density at radius 2 is 0.559 bits per heavy atom. The Balaban J connectivity index is 5.51. The standard InChI is InChI=1S/C83H134O17P2/c1-5-9-13-17-21-25-29-33-37-38-42-44-48-52-56-60-64-68-81(86)94-74-79(100-83(88)70-66-62-58-54-50-46-41-36-32-28-24-20-16-12-8-4)76-98-102(91,92)96-72-77(84)71-95-101(89,90)97-75-78(99-82(87)69-65-61-57-53-49-45-40-35-31-27-23-19-15-11-7-3)73-93-80(85)67-63-59-55-51-47-43-39-34-30-26-22-18-14-10-6-2/h9-10,12-14,16,21-22,24-26,28,33-37,39-41,47,50-51,54,59,62-63,66,77-79,84H,5-8,11,15,17-20,23,27,29-32,38,42-46,48-49,52-53,55-58,60-61,64-65,67-76H2,1-4H3,(H,89,90)(H,91,92)/b13-9-,14-10-,16-12-,25-21-,26-22-,28-24-,37-33-,39-34-,40-35-,41-36-,51-47-,54-50-,63-59-,66-62-. The fraction of sp³-hybridized carbons (Fsp3) is 0.614. The van der Waals surface area contributed by atoms with Crippen LogP contribution in [0.2, 0.25) is 0 Å². The van der Waals surface area contributed by atoms with Gasteiger partial charge in [0.15, 0.2) is 12.2 Å². The van der Waals surface area contributed by atoms with E-state index in [4.69, 9.17) is 37.0 Å². The molecule has 5 unspecified atom stereocenters. The number of carbonyl (C=O) groups is 4. The summed E-state index contributed by atoms with van der Waals surface area (Å²) in [5, 5.41) is 10.6. The monoisotopic (exact) mass is 1460 g/mol. The molecule has 0 saturated carbocycles. The first kappa shape index (κ1) is 96.4. The predicted molar refractivity (Wildman–Crippen MR) is 417 cm³/mol. The summed E-state index contributed by atoms with van der Waals surface area (Å²) in [5.41, 5.74) is 0. The third-order valence-electron chi connectivity index (χ3n) is 15.2. The van der Waals surface area contributed by atoms with Gasteiger partial charge < -0.3 is 33.8 Å². The first-order chi connectivity index (χ1) is 49.7. The highest BCUT2D eigenvalue weighted by atomic mass is 31.2. The largest absolute Gasteiger partial charge is 0.472 e. The lowest BCUT2D eigenvalue weighted by Crippen LogP contribution is -2.30. The molecule has 3 N–H and O–H groups in total. The summed E-state index contributed by atoms with van der Waals surface area (Å²) in [5.74, 6) is -2.51. The normalized spacial score (nSPS) is 14.9. The molecule has 0 heterocycles. The molecule has 0 fully saturated rings. The second-order valence-electron chi connectivity index (χ2n) is 24.8. The van der Waals surface area contributed by atoms with Crippen LogP contribution in [0.4, 0.5) is 0 Å². The number of phosphoric acid groups is 2. The van der Waals surface area contributed by atoms with Crippen molar-refractivity contribution in [1.29, 1.82) is 0 Å². The predicted octanol–water partition coefficient (Wildman–Crippen LogP) is 22.2. The average Bonchev–Trinajstić information content (AvgIpc) is 0.926. The van der Waals surface area contributed by atoms with Crippen LogP contribution >= 0.6 is 15.6 Å². The van der Waals surface area contributed by atoms with Crippen molar-refractivity contribution >= 4 is 39.5 Å². The number of allylic oxidation sites excluding steroid dienone is 26. The number of unbranched alkanes of at least 4 members (excludes halogenated alkanes) is 18. The Morgan fingerprint density at radius 3 is 0.922 bits per heavy atom. The van der Waals surface area contributed by atoms with E-state index in [1.54, 1.807) is 18.2 Å². The van der Waals surface area contributed by atoms with Crippen molar-refractivity contribution in [3.8, 4) is 0 Å². The van der Waals surface area contributed by atoms with Gasteiger partial charge >= 0.3 is 39.5 Å². The zero-order valence-electron chi connectivity index (χ0n) is 63.0. The van der Waals surface area contributed by atoms with Gasteiger partial charge in [-0.3, -0.25) is 37.3 Å². The van der Waals surface area contributed by atoms with E-state index in [1.165, 1.54) is 38.5 Å². The minimum Gasteiger partial charge on any atom is -0.462 e. The van der Waals surface area contributed by atoms with Gasteiger partial charge in [-0.15, -0.1) is 0 Å². The summed E-state index contributed by atoms with van der Waals surface area (Å²) in [6, 6.07) is 0. The molecule has 0 bridgehead atoms. The van der Waals surface area contributed by atoms with Crippen molar-refractivity contribution in [2.45, 2.75) is 290 Å². The molecule has 0 radical (unpaired) electrons. The highest BCUT2D eigenvalue weighted by Gasteiger charge is 2.30. The van der Waals surface area contributed by atoms with Crippen molar-refractivity contribution in [3.05, 3.63) is 170 Å². The van der Waals surface area contributed by atoms with E-state index in [-0.39, 0.29) is 25.7 Å². The summed E-state index contributed by atoms with van der Waals surface area (Å²) >= 11 is 0. The van der Waals surface area contributed by atoms with Crippen molar-refractivity contribution in [2.24, 2.45) is 0 Å². The number of hydrogen-bond acceptors (Lipinski definition) is 15. The number of carbonyl (C=O) groups excluding carboxylic acids is 4. The summed E-state index contributed by atoms with van der Waals surface area (Å²) in [7, 11) is -10.0. The van der Waals surface area contributed by atoms with Crippen LogP contribution < -0.4 is 0 Å². The summed E-state index contributed by atoms with van der Waals surface area (Å²) < 4.78 is 68.2. The molecular formula is C83H134O17P2. The van der Waals surface area contributed by atoms with Crippen molar-refractivity contribution < 1.29 is 80.2 Å². The lowest BCUT2D eigenvalue weighted by molar-refractivity contribution is -0.160. The molecule has 19 heteroatoms. The molecule has 0 aromatic carbocycles. The van der Waals surface area contributed by atoms with Gasteiger partial charge in [-0.1, -0.05) is 281 Å². The SMILES string of the molecule is CC/C=C\C/C=C\C/C=C\C/C=C\C/C=C\CC(=O)OCC(COP(=O)(O)OCC(O)COP(=O)(O)OCC(COC(=O)CCCCCCCCC/C=C\C/C=C\C/C=C\CC)OC(=O)C/C=C\C/C=C\C/C=C\C/C=C\C/C=C\CC)OC(=O)CCCCCCC/C=C\CCCCCCCC. The zero-order chi connectivity index (χ0) is 74.6. The topological polar surface area (TPSA) is 237 Å². The minimum absolute atomic E-state index is 0.0579. The second-order valence-corrected chi connectivity index (χ2v) is 27.7. The van der Waals surface area contributed by atoms with Gasteiger partial charge in [0.05, 0.1) is 39.3 Å². The van der Waals surface area contributed by atoms with Crippen LogP contribution in [-0.4, -0.2) is 96.7 Å². The summed E-state index contributed by atoms with van der Waals surface area (Å²) in [6.45, 7) is 4.25. The van der Waals surface area contributed by atoms with Crippen LogP contribution in [0.1, 0.15) is 272 Å². The van der Waals surface area contributed by atoms with Crippen LogP contribution in [0.3, 0.4) is 0 Å². The third-order valence-corrected chi connectivity index (χ3v) is 17.1. The molecule has 0 aliphatic heterocycles. The van der Waals surface area contributed by atoms with E-state index in [0.717, 1.165) is 154 Å². The van der Waals surface area contributed by atoms with Crippen LogP contribution in [0.5, 0.6) is 0 Å². The van der Waals surface area contributed by atoms with Crippen molar-refractivity contribution in [1.82, 2.24) is 0 Å². The number of hydrogen-bond donors (Lipinski definition) is 3. The molecule has 0 rings (SSSR count). The van der Waals surface area contributed by atoms with E-state index in [0.29, 0.717) is 25.7 Å². The number of rotatable bonds is 70. The molecule has 578 valence electrons. The minimum atomic E-state index is -5.02. The Hall–Kier alpha value is -5.58. The molecule has 17 nitrogen and oxygen atoms in total. The molecule has 0 spiro atoms. The number of aliphatic hydroxyl groups excluding tert-OH is 1. The van der Waals surface area contributed by atoms with E-state index < -0.39 is 97.5 Å². The number of ether oxygens (including phenoxy) is 4. The molecule has 0 aliphatic rings. The lowest BCUT2D eigenvalue weighted by atomic mass is 10.1. The van der Waals surface area contributed by atoms with Crippen molar-refractivity contribution in [2.75, 3.05) is 39.6 Å². The van der Waals surface area contributed by atoms with Gasteiger partial charge in [0.2, 0.25) is 0 Å². The Bertz CT molecular complexity index is 2600. The first-order valence-electron chi connectivity index (χ1n) is 38.4. The van der Waals surface area contributed by atoms with Gasteiger partial charge in [0.1, 0.15) is 19.3 Å². The molecule has 0 aliphatic carbocycles. The van der Waals surface area contributed by atoms with E-state index >= 15 is 0 Å². The molecule has 0 aromatic rings. The summed E-state index contributed by atoms with van der Waals surface area (Å²) in [4.78, 5) is 72.8. The molecule has 102 heavy (non-hydrogen) atoms. The van der Waals surface area contributed by atoms with Gasteiger partial charge in [0, 0.05) is 12.8 Å². The fourth-order valence-corrected chi connectivity index (χ4v) is 11.1. The number of esters is 4. The van der Waals surface area contributed by atoms with Gasteiger partial charge in [-0.25, -0.2) is 9.13 Å². The Kier molecular flexibility index (Phi) is 69.7. The maximum absolute atomic E-state index is 13.1. The maximum Gasteiger partial charge on any atom is 0.472 e.